The minimum Gasteiger partial charge on any atom is -0.381 e. The maximum absolute atomic E-state index is 12.3. The van der Waals surface area contributed by atoms with E-state index in [1.165, 1.54) is 0 Å². The van der Waals surface area contributed by atoms with E-state index in [-0.39, 0.29) is 0 Å². The molecule has 0 saturated heterocycles. The summed E-state index contributed by atoms with van der Waals surface area (Å²) in [6, 6.07) is 15.6. The molecule has 0 radical (unpaired) electrons. The maximum Gasteiger partial charge on any atom is 0.390 e. The number of rotatable bonds is 5. The fourth-order valence-corrected chi connectivity index (χ4v) is 2.02. The zero-order valence-corrected chi connectivity index (χ0v) is 11.4. The monoisotopic (exact) mass is 294 g/mol. The molecule has 3 N–H and O–H groups in total. The molecule has 21 heavy (non-hydrogen) atoms. The summed E-state index contributed by atoms with van der Waals surface area (Å²) in [7, 11) is 0. The Balaban J connectivity index is 1.93. The average Bonchev–Trinajstić information content (AvgIpc) is 2.45. The highest BCUT2D eigenvalue weighted by molar-refractivity contribution is 5.45. The fraction of sp³-hybridized carbons (Fsp3) is 0.250. The third-order valence-electron chi connectivity index (χ3n) is 3.13. The highest BCUT2D eigenvalue weighted by atomic mass is 19.4. The Morgan fingerprint density at radius 3 is 2.14 bits per heavy atom. The lowest BCUT2D eigenvalue weighted by atomic mass is 10.0. The predicted octanol–water partition coefficient (Wildman–Crippen LogP) is 4.25. The zero-order chi connectivity index (χ0) is 15.3. The molecule has 2 rings (SSSR count). The summed E-state index contributed by atoms with van der Waals surface area (Å²) >= 11 is 0. The van der Waals surface area contributed by atoms with Gasteiger partial charge in [-0.2, -0.15) is 13.2 Å². The van der Waals surface area contributed by atoms with E-state index >= 15 is 0 Å². The SMILES string of the molecule is N[C@H](CC(F)(F)F)c1ccc(NCc2ccccc2)cc1. The second kappa shape index (κ2) is 6.63. The summed E-state index contributed by atoms with van der Waals surface area (Å²) in [5, 5.41) is 3.21. The summed E-state index contributed by atoms with van der Waals surface area (Å²) in [4.78, 5) is 0. The van der Waals surface area contributed by atoms with Gasteiger partial charge in [-0.15, -0.1) is 0 Å². The van der Waals surface area contributed by atoms with Crippen LogP contribution in [0.25, 0.3) is 0 Å². The van der Waals surface area contributed by atoms with Crippen LogP contribution >= 0.6 is 0 Å². The van der Waals surface area contributed by atoms with E-state index in [2.05, 4.69) is 5.32 Å². The van der Waals surface area contributed by atoms with Crippen LogP contribution in [-0.2, 0) is 6.54 Å². The van der Waals surface area contributed by atoms with Crippen LogP contribution in [0.1, 0.15) is 23.6 Å². The Kier molecular flexibility index (Phi) is 4.85. The lowest BCUT2D eigenvalue weighted by Crippen LogP contribution is -2.20. The zero-order valence-electron chi connectivity index (χ0n) is 11.4. The molecule has 0 unspecified atom stereocenters. The number of nitrogens with one attached hydrogen (secondary N) is 1. The van der Waals surface area contributed by atoms with Crippen LogP contribution in [0.4, 0.5) is 18.9 Å². The van der Waals surface area contributed by atoms with Crippen molar-refractivity contribution in [2.24, 2.45) is 5.73 Å². The summed E-state index contributed by atoms with van der Waals surface area (Å²) < 4.78 is 36.9. The minimum absolute atomic E-state index is 0.484. The highest BCUT2D eigenvalue weighted by Gasteiger charge is 2.30. The molecule has 0 amide bonds. The van der Waals surface area contributed by atoms with Crippen molar-refractivity contribution in [3.63, 3.8) is 0 Å². The first-order chi connectivity index (χ1) is 9.94. The summed E-state index contributed by atoms with van der Waals surface area (Å²) in [5.41, 5.74) is 8.02. The van der Waals surface area contributed by atoms with Gasteiger partial charge in [0.1, 0.15) is 0 Å². The summed E-state index contributed by atoms with van der Waals surface area (Å²) in [6.45, 7) is 0.661. The highest BCUT2D eigenvalue weighted by Crippen LogP contribution is 2.28. The molecule has 2 aromatic carbocycles. The number of anilines is 1. The van der Waals surface area contributed by atoms with Crippen LogP contribution < -0.4 is 11.1 Å². The van der Waals surface area contributed by atoms with Crippen LogP contribution in [0.5, 0.6) is 0 Å². The van der Waals surface area contributed by atoms with Crippen molar-refractivity contribution in [1.29, 1.82) is 0 Å². The number of benzene rings is 2. The lowest BCUT2D eigenvalue weighted by Gasteiger charge is -2.15. The van der Waals surface area contributed by atoms with Crippen molar-refractivity contribution in [3.05, 3.63) is 65.7 Å². The van der Waals surface area contributed by atoms with Gasteiger partial charge in [-0.3, -0.25) is 0 Å². The normalized spacial score (nSPS) is 13.0. The average molecular weight is 294 g/mol. The molecule has 0 bridgehead atoms. The van der Waals surface area contributed by atoms with E-state index < -0.39 is 18.6 Å². The van der Waals surface area contributed by atoms with Gasteiger partial charge in [0.05, 0.1) is 6.42 Å². The third kappa shape index (κ3) is 5.11. The van der Waals surface area contributed by atoms with E-state index in [9.17, 15) is 13.2 Å². The molecular weight excluding hydrogens is 277 g/mol. The molecule has 0 fully saturated rings. The van der Waals surface area contributed by atoms with E-state index in [0.29, 0.717) is 12.1 Å². The molecule has 2 nitrogen and oxygen atoms in total. The van der Waals surface area contributed by atoms with Crippen LogP contribution in [-0.4, -0.2) is 6.18 Å². The fourth-order valence-electron chi connectivity index (χ4n) is 2.02. The number of hydrogen-bond acceptors (Lipinski definition) is 2. The van der Waals surface area contributed by atoms with Crippen molar-refractivity contribution in [2.75, 3.05) is 5.32 Å². The quantitative estimate of drug-likeness (QED) is 0.865. The third-order valence-corrected chi connectivity index (χ3v) is 3.13. The van der Waals surface area contributed by atoms with E-state index in [1.807, 2.05) is 30.3 Å². The molecule has 0 heterocycles. The van der Waals surface area contributed by atoms with Gasteiger partial charge in [-0.05, 0) is 23.3 Å². The van der Waals surface area contributed by atoms with Crippen molar-refractivity contribution < 1.29 is 13.2 Å². The van der Waals surface area contributed by atoms with Gasteiger partial charge in [-0.1, -0.05) is 42.5 Å². The van der Waals surface area contributed by atoms with Crippen LogP contribution in [0, 0.1) is 0 Å². The second-order valence-corrected chi connectivity index (χ2v) is 4.89. The number of hydrogen-bond donors (Lipinski definition) is 2. The van der Waals surface area contributed by atoms with E-state index in [4.69, 9.17) is 5.73 Å². The Morgan fingerprint density at radius 2 is 1.57 bits per heavy atom. The van der Waals surface area contributed by atoms with Crippen molar-refractivity contribution in [3.8, 4) is 0 Å². The largest absolute Gasteiger partial charge is 0.390 e. The lowest BCUT2D eigenvalue weighted by molar-refractivity contribution is -0.138. The van der Waals surface area contributed by atoms with Gasteiger partial charge in [0.15, 0.2) is 0 Å². The first kappa shape index (κ1) is 15.4. The molecule has 112 valence electrons. The molecule has 0 spiro atoms. The number of nitrogens with two attached hydrogens (primary N) is 1. The van der Waals surface area contributed by atoms with Gasteiger partial charge in [0, 0.05) is 18.3 Å². The predicted molar refractivity (Wildman–Crippen MR) is 77.8 cm³/mol. The molecule has 5 heteroatoms. The summed E-state index contributed by atoms with van der Waals surface area (Å²) in [5.74, 6) is 0. The Morgan fingerprint density at radius 1 is 0.952 bits per heavy atom. The first-order valence-electron chi connectivity index (χ1n) is 6.64. The van der Waals surface area contributed by atoms with Crippen molar-refractivity contribution in [1.82, 2.24) is 0 Å². The summed E-state index contributed by atoms with van der Waals surface area (Å²) in [6.07, 6.45) is -5.26. The molecule has 0 aromatic heterocycles. The van der Waals surface area contributed by atoms with Gasteiger partial charge in [0.25, 0.3) is 0 Å². The number of halogens is 3. The van der Waals surface area contributed by atoms with Gasteiger partial charge in [0.2, 0.25) is 0 Å². The Bertz CT molecular complexity index is 550. The molecule has 0 aliphatic rings. The molecule has 2 aromatic rings. The van der Waals surface area contributed by atoms with E-state index in [0.717, 1.165) is 11.3 Å². The van der Waals surface area contributed by atoms with Crippen LogP contribution in [0.2, 0.25) is 0 Å². The maximum atomic E-state index is 12.3. The second-order valence-electron chi connectivity index (χ2n) is 4.89. The standard InChI is InChI=1S/C16H17F3N2/c17-16(18,19)10-15(20)13-6-8-14(9-7-13)21-11-12-4-2-1-3-5-12/h1-9,15,21H,10-11,20H2/t15-/m1/s1. The molecule has 1 atom stereocenters. The Hall–Kier alpha value is -2.01. The Labute approximate surface area is 121 Å². The van der Waals surface area contributed by atoms with Gasteiger partial charge >= 0.3 is 6.18 Å². The van der Waals surface area contributed by atoms with E-state index in [1.54, 1.807) is 24.3 Å². The first-order valence-corrected chi connectivity index (χ1v) is 6.64. The van der Waals surface area contributed by atoms with Crippen molar-refractivity contribution in [2.45, 2.75) is 25.2 Å². The molecule has 0 aliphatic carbocycles. The van der Waals surface area contributed by atoms with Gasteiger partial charge < -0.3 is 11.1 Å². The smallest absolute Gasteiger partial charge is 0.381 e. The minimum atomic E-state index is -4.25. The topological polar surface area (TPSA) is 38.0 Å². The molecule has 0 aliphatic heterocycles. The van der Waals surface area contributed by atoms with Gasteiger partial charge in [-0.25, -0.2) is 0 Å². The van der Waals surface area contributed by atoms with Crippen molar-refractivity contribution >= 4 is 5.69 Å². The number of alkyl halides is 3. The molecule has 0 saturated carbocycles. The van der Waals surface area contributed by atoms with Crippen LogP contribution in [0.3, 0.4) is 0 Å². The van der Waals surface area contributed by atoms with Crippen LogP contribution in [0.15, 0.2) is 54.6 Å². The molecular formula is C16H17F3N2.